The minimum atomic E-state index is -3.22. The van der Waals surface area contributed by atoms with Gasteiger partial charge in [-0.05, 0) is 26.2 Å². The van der Waals surface area contributed by atoms with Crippen molar-refractivity contribution >= 4 is 40.0 Å². The van der Waals surface area contributed by atoms with Crippen molar-refractivity contribution in [3.8, 4) is 0 Å². The molecule has 0 aliphatic heterocycles. The molecule has 1 rings (SSSR count). The first kappa shape index (κ1) is 23.9. The van der Waals surface area contributed by atoms with Crippen LogP contribution in [0.3, 0.4) is 0 Å². The van der Waals surface area contributed by atoms with Crippen molar-refractivity contribution < 1.29 is 8.42 Å². The summed E-state index contributed by atoms with van der Waals surface area (Å²) in [6.07, 6.45) is 10.6. The van der Waals surface area contributed by atoms with Crippen molar-refractivity contribution in [2.75, 3.05) is 26.4 Å². The summed E-state index contributed by atoms with van der Waals surface area (Å²) in [5, 5.41) is 6.47. The number of aliphatic imine (C=N–C) groups is 1. The van der Waals surface area contributed by atoms with E-state index in [9.17, 15) is 8.42 Å². The van der Waals surface area contributed by atoms with Crippen molar-refractivity contribution in [1.29, 1.82) is 0 Å². The molecule has 0 unspecified atom stereocenters. The Morgan fingerprint density at radius 2 is 1.79 bits per heavy atom. The van der Waals surface area contributed by atoms with Crippen molar-refractivity contribution in [2.45, 2.75) is 64.3 Å². The number of nitrogens with zero attached hydrogens (tertiary/aromatic N) is 1. The molecule has 144 valence electrons. The van der Waals surface area contributed by atoms with Gasteiger partial charge in [-0.25, -0.2) is 13.1 Å². The third-order valence-corrected chi connectivity index (χ3v) is 5.11. The van der Waals surface area contributed by atoms with E-state index in [1.165, 1.54) is 44.8 Å². The molecule has 0 amide bonds. The van der Waals surface area contributed by atoms with Crippen LogP contribution in [0.25, 0.3) is 0 Å². The Kier molecular flexibility index (Phi) is 11.5. The van der Waals surface area contributed by atoms with Crippen LogP contribution in [-0.4, -0.2) is 46.3 Å². The van der Waals surface area contributed by atoms with Crippen LogP contribution in [-0.2, 0) is 10.0 Å². The Labute approximate surface area is 165 Å². The maximum Gasteiger partial charge on any atom is 0.209 e. The number of rotatable bonds is 9. The van der Waals surface area contributed by atoms with Crippen LogP contribution in [0.4, 0.5) is 0 Å². The molecule has 0 spiro atoms. The molecular weight excluding hydrogens is 439 g/mol. The van der Waals surface area contributed by atoms with Gasteiger partial charge in [0.05, 0.1) is 6.26 Å². The molecule has 0 heterocycles. The van der Waals surface area contributed by atoms with E-state index in [0.29, 0.717) is 12.5 Å². The molecule has 0 aromatic carbocycles. The first-order chi connectivity index (χ1) is 10.7. The zero-order chi connectivity index (χ0) is 17.3. The molecule has 0 radical (unpaired) electrons. The lowest BCUT2D eigenvalue weighted by Gasteiger charge is -2.26. The van der Waals surface area contributed by atoms with Gasteiger partial charge in [0.25, 0.3) is 0 Å². The lowest BCUT2D eigenvalue weighted by atomic mass is 10.0. The SMILES string of the molecule is CN=C(NCCCCC1CCCC1)NCC(C)(C)NS(C)(=O)=O.I. The number of halogens is 1. The number of nitrogens with one attached hydrogen (secondary N) is 3. The van der Waals surface area contributed by atoms with Gasteiger partial charge in [-0.3, -0.25) is 4.99 Å². The van der Waals surface area contributed by atoms with Gasteiger partial charge in [-0.15, -0.1) is 24.0 Å². The summed E-state index contributed by atoms with van der Waals surface area (Å²) in [5.74, 6) is 1.67. The van der Waals surface area contributed by atoms with Gasteiger partial charge in [-0.1, -0.05) is 38.5 Å². The van der Waals surface area contributed by atoms with Crippen molar-refractivity contribution in [1.82, 2.24) is 15.4 Å². The molecule has 0 saturated heterocycles. The first-order valence-electron chi connectivity index (χ1n) is 8.65. The van der Waals surface area contributed by atoms with Crippen LogP contribution >= 0.6 is 24.0 Å². The van der Waals surface area contributed by atoms with Gasteiger partial charge in [0.1, 0.15) is 0 Å². The van der Waals surface area contributed by atoms with E-state index in [4.69, 9.17) is 0 Å². The number of unbranched alkanes of at least 4 members (excludes halogenated alkanes) is 1. The van der Waals surface area contributed by atoms with Gasteiger partial charge >= 0.3 is 0 Å². The number of guanidine groups is 1. The largest absolute Gasteiger partial charge is 0.356 e. The average molecular weight is 474 g/mol. The fourth-order valence-electron chi connectivity index (χ4n) is 3.13. The highest BCUT2D eigenvalue weighted by molar-refractivity contribution is 14.0. The van der Waals surface area contributed by atoms with Crippen molar-refractivity contribution in [3.63, 3.8) is 0 Å². The van der Waals surface area contributed by atoms with Crippen LogP contribution in [0.5, 0.6) is 0 Å². The molecule has 0 aromatic rings. The maximum atomic E-state index is 11.3. The quantitative estimate of drug-likeness (QED) is 0.208. The summed E-state index contributed by atoms with van der Waals surface area (Å²) < 4.78 is 25.3. The zero-order valence-electron chi connectivity index (χ0n) is 15.5. The van der Waals surface area contributed by atoms with E-state index in [-0.39, 0.29) is 24.0 Å². The summed E-state index contributed by atoms with van der Waals surface area (Å²) >= 11 is 0. The van der Waals surface area contributed by atoms with Crippen molar-refractivity contribution in [3.05, 3.63) is 0 Å². The molecule has 1 aliphatic carbocycles. The number of sulfonamides is 1. The van der Waals surface area contributed by atoms with Crippen LogP contribution < -0.4 is 15.4 Å². The Hall–Kier alpha value is -0.0900. The zero-order valence-corrected chi connectivity index (χ0v) is 18.7. The summed E-state index contributed by atoms with van der Waals surface area (Å²) in [6, 6.07) is 0. The standard InChI is InChI=1S/C16H34N4O2S.HI/c1-16(2,20-23(4,21)22)13-19-15(17-3)18-12-8-7-11-14-9-5-6-10-14;/h14,20H,5-13H2,1-4H3,(H2,17,18,19);1H. The average Bonchev–Trinajstić information content (AvgIpc) is 2.92. The highest BCUT2D eigenvalue weighted by Crippen LogP contribution is 2.28. The summed E-state index contributed by atoms with van der Waals surface area (Å²) in [4.78, 5) is 4.18. The molecule has 1 aliphatic rings. The second-order valence-electron chi connectivity index (χ2n) is 7.26. The topological polar surface area (TPSA) is 82.6 Å². The minimum absolute atomic E-state index is 0. The Balaban J connectivity index is 0.00000529. The Morgan fingerprint density at radius 3 is 2.33 bits per heavy atom. The van der Waals surface area contributed by atoms with Crippen molar-refractivity contribution in [2.24, 2.45) is 10.9 Å². The molecule has 24 heavy (non-hydrogen) atoms. The van der Waals surface area contributed by atoms with Crippen LogP contribution in [0.15, 0.2) is 4.99 Å². The smallest absolute Gasteiger partial charge is 0.209 e. The Morgan fingerprint density at radius 1 is 1.17 bits per heavy atom. The lowest BCUT2D eigenvalue weighted by molar-refractivity contribution is 0.445. The highest BCUT2D eigenvalue weighted by Gasteiger charge is 2.22. The summed E-state index contributed by atoms with van der Waals surface area (Å²) in [5.41, 5.74) is -0.562. The number of hydrogen-bond donors (Lipinski definition) is 3. The third kappa shape index (κ3) is 11.5. The Bertz CT molecular complexity index is 474. The van der Waals surface area contributed by atoms with Gasteiger partial charge in [-0.2, -0.15) is 0 Å². The molecule has 1 fully saturated rings. The lowest BCUT2D eigenvalue weighted by Crippen LogP contribution is -2.53. The first-order valence-corrected chi connectivity index (χ1v) is 10.5. The third-order valence-electron chi connectivity index (χ3n) is 4.19. The van der Waals surface area contributed by atoms with E-state index in [1.807, 2.05) is 13.8 Å². The van der Waals surface area contributed by atoms with Gasteiger partial charge in [0, 0.05) is 25.7 Å². The van der Waals surface area contributed by atoms with E-state index >= 15 is 0 Å². The number of hydrogen-bond acceptors (Lipinski definition) is 3. The van der Waals surface area contributed by atoms with E-state index in [0.717, 1.165) is 18.9 Å². The molecule has 3 N–H and O–H groups in total. The fraction of sp³-hybridized carbons (Fsp3) is 0.938. The van der Waals surface area contributed by atoms with Gasteiger partial charge < -0.3 is 10.6 Å². The van der Waals surface area contributed by atoms with E-state index in [2.05, 4.69) is 20.3 Å². The highest BCUT2D eigenvalue weighted by atomic mass is 127. The summed E-state index contributed by atoms with van der Waals surface area (Å²) in [6.45, 7) is 5.06. The van der Waals surface area contributed by atoms with Crippen LogP contribution in [0.2, 0.25) is 0 Å². The minimum Gasteiger partial charge on any atom is -0.356 e. The van der Waals surface area contributed by atoms with E-state index in [1.54, 1.807) is 7.05 Å². The van der Waals surface area contributed by atoms with Gasteiger partial charge in [0.2, 0.25) is 10.0 Å². The van der Waals surface area contributed by atoms with Crippen LogP contribution in [0.1, 0.15) is 58.8 Å². The summed E-state index contributed by atoms with van der Waals surface area (Å²) in [7, 11) is -1.49. The van der Waals surface area contributed by atoms with E-state index < -0.39 is 15.6 Å². The molecule has 1 saturated carbocycles. The molecule has 0 aromatic heterocycles. The van der Waals surface area contributed by atoms with Gasteiger partial charge in [0.15, 0.2) is 5.96 Å². The predicted octanol–water partition coefficient (Wildman–Crippen LogP) is 2.46. The molecule has 0 bridgehead atoms. The molecule has 8 heteroatoms. The second-order valence-corrected chi connectivity index (χ2v) is 9.01. The van der Waals surface area contributed by atoms with Crippen LogP contribution in [0, 0.1) is 5.92 Å². The predicted molar refractivity (Wildman–Crippen MR) is 113 cm³/mol. The second kappa shape index (κ2) is 11.5. The molecule has 0 atom stereocenters. The molecule has 6 nitrogen and oxygen atoms in total. The monoisotopic (exact) mass is 474 g/mol. The fourth-order valence-corrected chi connectivity index (χ4v) is 4.20. The maximum absolute atomic E-state index is 11.3. The normalized spacial score (nSPS) is 16.8. The molecular formula is C16H35IN4O2S.